The first kappa shape index (κ1) is 12.6. The van der Waals surface area contributed by atoms with Crippen molar-refractivity contribution < 1.29 is 4.92 Å². The molecule has 0 saturated carbocycles. The Kier molecular flexibility index (Phi) is 3.61. The number of rotatable bonds is 5. The molecule has 0 aliphatic rings. The van der Waals surface area contributed by atoms with Crippen LogP contribution in [-0.2, 0) is 7.05 Å². The first-order valence-electron chi connectivity index (χ1n) is 5.59. The molecule has 6 nitrogen and oxygen atoms in total. The third kappa shape index (κ3) is 2.51. The molecule has 1 atom stereocenters. The van der Waals surface area contributed by atoms with Crippen LogP contribution in [-0.4, -0.2) is 14.7 Å². The molecule has 0 aliphatic carbocycles. The minimum Gasteiger partial charge on any atom is -0.355 e. The zero-order valence-electron chi connectivity index (χ0n) is 10.2. The molecule has 2 aromatic rings. The second-order valence-electron chi connectivity index (χ2n) is 3.91. The Morgan fingerprint density at radius 2 is 2.44 bits per heavy atom. The lowest BCUT2D eigenvalue weighted by atomic mass is 10.2. The van der Waals surface area contributed by atoms with Crippen molar-refractivity contribution in [2.75, 3.05) is 5.32 Å². The molecule has 2 heterocycles. The maximum Gasteiger partial charge on any atom is 0.330 e. The fraction of sp³-hybridized carbons (Fsp3) is 0.364. The van der Waals surface area contributed by atoms with Crippen molar-refractivity contribution in [2.24, 2.45) is 7.05 Å². The highest BCUT2D eigenvalue weighted by atomic mass is 32.1. The molecule has 1 unspecified atom stereocenters. The molecule has 2 rings (SSSR count). The van der Waals surface area contributed by atoms with E-state index in [-0.39, 0.29) is 11.7 Å². The van der Waals surface area contributed by atoms with Gasteiger partial charge in [-0.15, -0.1) is 16.4 Å². The molecule has 2 aromatic heterocycles. The van der Waals surface area contributed by atoms with Gasteiger partial charge in [-0.25, -0.2) is 0 Å². The van der Waals surface area contributed by atoms with E-state index < -0.39 is 4.92 Å². The first-order valence-corrected chi connectivity index (χ1v) is 6.47. The number of nitrogens with one attached hydrogen (secondary N) is 1. The van der Waals surface area contributed by atoms with Crippen molar-refractivity contribution in [3.8, 4) is 0 Å². The van der Waals surface area contributed by atoms with Crippen LogP contribution in [0.25, 0.3) is 0 Å². The predicted molar refractivity (Wildman–Crippen MR) is 70.8 cm³/mol. The van der Waals surface area contributed by atoms with Crippen LogP contribution in [0, 0.1) is 10.1 Å². The molecule has 0 bridgehead atoms. The first-order chi connectivity index (χ1) is 8.61. The summed E-state index contributed by atoms with van der Waals surface area (Å²) in [5.74, 6) is 0.322. The molecule has 1 N–H and O–H groups in total. The number of thiophene rings is 1. The van der Waals surface area contributed by atoms with Crippen molar-refractivity contribution in [1.29, 1.82) is 0 Å². The molecule has 0 aliphatic heterocycles. The van der Waals surface area contributed by atoms with Gasteiger partial charge in [0.05, 0.1) is 11.0 Å². The lowest BCUT2D eigenvalue weighted by molar-refractivity contribution is -0.384. The molecular formula is C11H14N4O2S. The lowest BCUT2D eigenvalue weighted by Gasteiger charge is -2.14. The van der Waals surface area contributed by atoms with Gasteiger partial charge in [-0.2, -0.15) is 0 Å². The highest BCUT2D eigenvalue weighted by molar-refractivity contribution is 7.10. The summed E-state index contributed by atoms with van der Waals surface area (Å²) in [4.78, 5) is 11.6. The van der Waals surface area contributed by atoms with Crippen molar-refractivity contribution >= 4 is 22.8 Å². The van der Waals surface area contributed by atoms with Gasteiger partial charge in [0.2, 0.25) is 5.82 Å². The number of hydrogen-bond donors (Lipinski definition) is 1. The standard InChI is InChI=1S/C11H14N4O2S/c1-3-8(10-5-4-6-18-10)12-11-9(15(16)17)7-14(2)13-11/h4-8H,3H2,1-2H3,(H,12,13). The van der Waals surface area contributed by atoms with Crippen LogP contribution in [0.3, 0.4) is 0 Å². The summed E-state index contributed by atoms with van der Waals surface area (Å²) in [6.07, 6.45) is 2.25. The minimum absolute atomic E-state index is 0.00695. The van der Waals surface area contributed by atoms with Crippen LogP contribution in [0.2, 0.25) is 0 Å². The van der Waals surface area contributed by atoms with Crippen LogP contribution in [0.1, 0.15) is 24.3 Å². The summed E-state index contributed by atoms with van der Waals surface area (Å²) < 4.78 is 1.45. The largest absolute Gasteiger partial charge is 0.355 e. The summed E-state index contributed by atoms with van der Waals surface area (Å²) >= 11 is 1.63. The van der Waals surface area contributed by atoms with E-state index in [4.69, 9.17) is 0 Å². The number of nitro groups is 1. The topological polar surface area (TPSA) is 73.0 Å². The number of aryl methyl sites for hydroxylation is 1. The van der Waals surface area contributed by atoms with Crippen molar-refractivity contribution in [2.45, 2.75) is 19.4 Å². The minimum atomic E-state index is -0.420. The van der Waals surface area contributed by atoms with E-state index in [2.05, 4.69) is 10.4 Å². The fourth-order valence-corrected chi connectivity index (χ4v) is 2.60. The Bertz CT molecular complexity index is 535. The molecular weight excluding hydrogens is 252 g/mol. The summed E-state index contributed by atoms with van der Waals surface area (Å²) in [6, 6.07) is 4.04. The summed E-state index contributed by atoms with van der Waals surface area (Å²) in [5, 5.41) is 20.1. The SMILES string of the molecule is CCC(Nc1nn(C)cc1[N+](=O)[O-])c1cccs1. The normalized spacial score (nSPS) is 12.3. The molecule has 0 fully saturated rings. The average Bonchev–Trinajstić information content (AvgIpc) is 2.94. The number of hydrogen-bond acceptors (Lipinski definition) is 5. The van der Waals surface area contributed by atoms with Crippen molar-refractivity contribution in [3.05, 3.63) is 38.7 Å². The molecule has 0 aromatic carbocycles. The molecule has 0 spiro atoms. The third-order valence-corrected chi connectivity index (χ3v) is 3.60. The van der Waals surface area contributed by atoms with E-state index in [0.29, 0.717) is 5.82 Å². The molecule has 7 heteroatoms. The van der Waals surface area contributed by atoms with Gasteiger partial charge in [0.25, 0.3) is 0 Å². The van der Waals surface area contributed by atoms with Gasteiger partial charge in [-0.05, 0) is 17.9 Å². The highest BCUT2D eigenvalue weighted by Crippen LogP contribution is 2.29. The number of nitrogens with zero attached hydrogens (tertiary/aromatic N) is 3. The molecule has 96 valence electrons. The van der Waals surface area contributed by atoms with Crippen LogP contribution in [0.4, 0.5) is 11.5 Å². The van der Waals surface area contributed by atoms with Gasteiger partial charge in [0, 0.05) is 11.9 Å². The average molecular weight is 266 g/mol. The monoisotopic (exact) mass is 266 g/mol. The van der Waals surface area contributed by atoms with Crippen LogP contribution < -0.4 is 5.32 Å². The van der Waals surface area contributed by atoms with E-state index in [1.165, 1.54) is 10.9 Å². The smallest absolute Gasteiger partial charge is 0.330 e. The van der Waals surface area contributed by atoms with E-state index in [1.807, 2.05) is 24.4 Å². The van der Waals surface area contributed by atoms with Gasteiger partial charge in [-0.1, -0.05) is 13.0 Å². The van der Waals surface area contributed by atoms with E-state index >= 15 is 0 Å². The zero-order valence-corrected chi connectivity index (χ0v) is 11.0. The summed E-state index contributed by atoms with van der Waals surface area (Å²) in [7, 11) is 1.67. The van der Waals surface area contributed by atoms with Gasteiger partial charge in [0.1, 0.15) is 6.20 Å². The van der Waals surface area contributed by atoms with E-state index in [1.54, 1.807) is 18.4 Å². The maximum absolute atomic E-state index is 10.9. The Morgan fingerprint density at radius 1 is 1.67 bits per heavy atom. The Hall–Kier alpha value is -1.89. The molecule has 0 radical (unpaired) electrons. The predicted octanol–water partition coefficient (Wildman–Crippen LogP) is 2.95. The van der Waals surface area contributed by atoms with Gasteiger partial charge in [0.15, 0.2) is 0 Å². The van der Waals surface area contributed by atoms with Crippen LogP contribution in [0.5, 0.6) is 0 Å². The van der Waals surface area contributed by atoms with Gasteiger partial charge in [-0.3, -0.25) is 14.8 Å². The van der Waals surface area contributed by atoms with Crippen LogP contribution >= 0.6 is 11.3 Å². The zero-order chi connectivity index (χ0) is 13.1. The number of aromatic nitrogens is 2. The highest BCUT2D eigenvalue weighted by Gasteiger charge is 2.21. The second kappa shape index (κ2) is 5.18. The van der Waals surface area contributed by atoms with Crippen LogP contribution in [0.15, 0.2) is 23.7 Å². The van der Waals surface area contributed by atoms with E-state index in [9.17, 15) is 10.1 Å². The lowest BCUT2D eigenvalue weighted by Crippen LogP contribution is -2.10. The van der Waals surface area contributed by atoms with Gasteiger partial charge < -0.3 is 5.32 Å². The van der Waals surface area contributed by atoms with Crippen molar-refractivity contribution in [3.63, 3.8) is 0 Å². The van der Waals surface area contributed by atoms with Crippen molar-refractivity contribution in [1.82, 2.24) is 9.78 Å². The molecule has 18 heavy (non-hydrogen) atoms. The fourth-order valence-electron chi connectivity index (χ4n) is 1.74. The van der Waals surface area contributed by atoms with Gasteiger partial charge >= 0.3 is 5.69 Å². The Morgan fingerprint density at radius 3 is 3.00 bits per heavy atom. The quantitative estimate of drug-likeness (QED) is 0.667. The Balaban J connectivity index is 2.25. The molecule has 0 amide bonds. The Labute approximate surface area is 108 Å². The number of anilines is 1. The summed E-state index contributed by atoms with van der Waals surface area (Å²) in [6.45, 7) is 2.03. The maximum atomic E-state index is 10.9. The summed E-state index contributed by atoms with van der Waals surface area (Å²) in [5.41, 5.74) is 0.00695. The third-order valence-electron chi connectivity index (χ3n) is 2.61. The molecule has 0 saturated heterocycles. The second-order valence-corrected chi connectivity index (χ2v) is 4.89. The van der Waals surface area contributed by atoms with E-state index in [0.717, 1.165) is 11.3 Å².